The van der Waals surface area contributed by atoms with Gasteiger partial charge in [0, 0.05) is 18.6 Å². The van der Waals surface area contributed by atoms with Gasteiger partial charge in [-0.05, 0) is 38.9 Å². The highest BCUT2D eigenvalue weighted by Gasteiger charge is 2.30. The smallest absolute Gasteiger partial charge is 0.263 e. The average Bonchev–Trinajstić information content (AvgIpc) is 2.76. The van der Waals surface area contributed by atoms with Crippen LogP contribution in [-0.4, -0.2) is 36.5 Å². The third-order valence-electron chi connectivity index (χ3n) is 3.54. The number of carbonyl (C=O) groups excluding carboxylic acids is 1. The molecular weight excluding hydrogens is 256 g/mol. The van der Waals surface area contributed by atoms with Crippen LogP contribution in [0.3, 0.4) is 0 Å². The lowest BCUT2D eigenvalue weighted by atomic mass is 9.90. The summed E-state index contributed by atoms with van der Waals surface area (Å²) in [7, 11) is 1.98. The molecule has 0 saturated carbocycles. The largest absolute Gasteiger partial charge is 0.338 e. The van der Waals surface area contributed by atoms with Gasteiger partial charge in [-0.25, -0.2) is 0 Å². The molecule has 1 saturated heterocycles. The fraction of sp³-hybridized carbons (Fsp3) is 0.583. The molecule has 1 aromatic rings. The molecule has 2 heterocycles. The lowest BCUT2D eigenvalue weighted by molar-refractivity contribution is 0.0666. The molecule has 0 bridgehead atoms. The molecule has 0 aliphatic carbocycles. The minimum atomic E-state index is 0.111. The van der Waals surface area contributed by atoms with Gasteiger partial charge in [0.2, 0.25) is 0 Å². The van der Waals surface area contributed by atoms with E-state index >= 15 is 0 Å². The number of thiophene rings is 1. The Kier molecular flexibility index (Phi) is 3.76. The van der Waals surface area contributed by atoms with Crippen LogP contribution in [0.15, 0.2) is 12.1 Å². The van der Waals surface area contributed by atoms with Crippen LogP contribution in [0.4, 0.5) is 0 Å². The molecule has 0 spiro atoms. The molecule has 94 valence electrons. The van der Waals surface area contributed by atoms with Crippen LogP contribution >= 0.6 is 22.9 Å². The van der Waals surface area contributed by atoms with E-state index in [9.17, 15) is 4.79 Å². The van der Waals surface area contributed by atoms with E-state index in [0.717, 1.165) is 30.8 Å². The number of hydrogen-bond acceptors (Lipinski definition) is 3. The van der Waals surface area contributed by atoms with Crippen molar-refractivity contribution in [2.24, 2.45) is 0 Å². The van der Waals surface area contributed by atoms with Crippen molar-refractivity contribution in [2.45, 2.75) is 25.3 Å². The molecule has 0 radical (unpaired) electrons. The maximum absolute atomic E-state index is 12.2. The van der Waals surface area contributed by atoms with Gasteiger partial charge >= 0.3 is 0 Å². The van der Waals surface area contributed by atoms with Crippen molar-refractivity contribution in [3.8, 4) is 0 Å². The molecule has 0 atom stereocenters. The highest BCUT2D eigenvalue weighted by Crippen LogP contribution is 2.26. The van der Waals surface area contributed by atoms with Gasteiger partial charge in [0.15, 0.2) is 0 Å². The highest BCUT2D eigenvalue weighted by molar-refractivity contribution is 7.17. The highest BCUT2D eigenvalue weighted by atomic mass is 35.5. The molecule has 5 heteroatoms. The van der Waals surface area contributed by atoms with E-state index in [4.69, 9.17) is 11.6 Å². The predicted octanol–water partition coefficient (Wildman–Crippen LogP) is 2.62. The summed E-state index contributed by atoms with van der Waals surface area (Å²) in [5.41, 5.74) is 0.171. The van der Waals surface area contributed by atoms with Crippen LogP contribution in [0, 0.1) is 0 Å². The number of piperidine rings is 1. The van der Waals surface area contributed by atoms with Crippen LogP contribution in [0.1, 0.15) is 29.4 Å². The Morgan fingerprint density at radius 2 is 2.12 bits per heavy atom. The number of carbonyl (C=O) groups is 1. The van der Waals surface area contributed by atoms with Gasteiger partial charge < -0.3 is 10.2 Å². The second-order valence-electron chi connectivity index (χ2n) is 4.71. The third-order valence-corrected chi connectivity index (χ3v) is 4.76. The molecule has 3 nitrogen and oxygen atoms in total. The minimum Gasteiger partial charge on any atom is -0.338 e. The van der Waals surface area contributed by atoms with Gasteiger partial charge in [-0.1, -0.05) is 11.6 Å². The summed E-state index contributed by atoms with van der Waals surface area (Å²) < 4.78 is 0.672. The first-order valence-corrected chi connectivity index (χ1v) is 6.97. The Morgan fingerprint density at radius 3 is 2.59 bits per heavy atom. The molecule has 1 N–H and O–H groups in total. The van der Waals surface area contributed by atoms with Crippen LogP contribution in [0.25, 0.3) is 0 Å². The monoisotopic (exact) mass is 272 g/mol. The van der Waals surface area contributed by atoms with Crippen molar-refractivity contribution in [3.63, 3.8) is 0 Å². The molecule has 1 amide bonds. The summed E-state index contributed by atoms with van der Waals surface area (Å²) in [6.45, 7) is 3.83. The summed E-state index contributed by atoms with van der Waals surface area (Å²) in [6, 6.07) is 3.59. The van der Waals surface area contributed by atoms with Gasteiger partial charge in [-0.15, -0.1) is 11.3 Å². The summed E-state index contributed by atoms with van der Waals surface area (Å²) in [5.74, 6) is 0.111. The Labute approximate surface area is 111 Å². The molecular formula is C12H17ClN2OS. The van der Waals surface area contributed by atoms with Crippen molar-refractivity contribution in [2.75, 3.05) is 20.1 Å². The number of rotatable bonds is 2. The van der Waals surface area contributed by atoms with Gasteiger partial charge in [-0.3, -0.25) is 4.79 Å². The minimum absolute atomic E-state index is 0.111. The number of amides is 1. The maximum atomic E-state index is 12.2. The molecule has 1 fully saturated rings. The molecule has 1 aliphatic heterocycles. The van der Waals surface area contributed by atoms with E-state index in [1.165, 1.54) is 11.3 Å². The molecule has 1 aromatic heterocycles. The Bertz CT molecular complexity index is 410. The van der Waals surface area contributed by atoms with Crippen molar-refractivity contribution >= 4 is 28.8 Å². The van der Waals surface area contributed by atoms with Crippen LogP contribution in [-0.2, 0) is 0 Å². The zero-order valence-electron chi connectivity index (χ0n) is 10.1. The Morgan fingerprint density at radius 1 is 1.47 bits per heavy atom. The van der Waals surface area contributed by atoms with Crippen LogP contribution < -0.4 is 5.32 Å². The first kappa shape index (κ1) is 12.9. The van der Waals surface area contributed by atoms with Crippen molar-refractivity contribution in [3.05, 3.63) is 21.3 Å². The van der Waals surface area contributed by atoms with Crippen molar-refractivity contribution < 1.29 is 4.79 Å². The van der Waals surface area contributed by atoms with Gasteiger partial charge in [0.1, 0.15) is 0 Å². The summed E-state index contributed by atoms with van der Waals surface area (Å²) in [4.78, 5) is 14.8. The zero-order chi connectivity index (χ0) is 12.5. The number of hydrogen-bond donors (Lipinski definition) is 1. The average molecular weight is 273 g/mol. The number of halogens is 1. The molecule has 0 unspecified atom stereocenters. The lowest BCUT2D eigenvalue weighted by Crippen LogP contribution is -2.51. The molecule has 2 rings (SSSR count). The van der Waals surface area contributed by atoms with Crippen molar-refractivity contribution in [1.82, 2.24) is 10.2 Å². The predicted molar refractivity (Wildman–Crippen MR) is 71.9 cm³/mol. The second kappa shape index (κ2) is 4.96. The number of nitrogens with zero attached hydrogens (tertiary/aromatic N) is 1. The summed E-state index contributed by atoms with van der Waals surface area (Å²) in [6.07, 6.45) is 1.99. The quantitative estimate of drug-likeness (QED) is 0.898. The number of nitrogens with one attached hydrogen (secondary N) is 1. The first-order chi connectivity index (χ1) is 8.04. The lowest BCUT2D eigenvalue weighted by Gasteiger charge is -2.39. The maximum Gasteiger partial charge on any atom is 0.263 e. The van der Waals surface area contributed by atoms with Gasteiger partial charge in [0.05, 0.1) is 9.21 Å². The van der Waals surface area contributed by atoms with E-state index in [0.29, 0.717) is 4.34 Å². The van der Waals surface area contributed by atoms with E-state index in [1.807, 2.05) is 11.9 Å². The van der Waals surface area contributed by atoms with Gasteiger partial charge in [0.25, 0.3) is 5.91 Å². The van der Waals surface area contributed by atoms with E-state index < -0.39 is 0 Å². The standard InChI is InChI=1S/C12H17ClN2OS/c1-12(14-2)5-7-15(8-6-12)11(16)9-3-4-10(13)17-9/h3-4,14H,5-8H2,1-2H3. The van der Waals surface area contributed by atoms with Gasteiger partial charge in [-0.2, -0.15) is 0 Å². The summed E-state index contributed by atoms with van der Waals surface area (Å²) in [5, 5.41) is 3.33. The molecule has 17 heavy (non-hydrogen) atoms. The molecule has 1 aliphatic rings. The van der Waals surface area contributed by atoms with E-state index in [2.05, 4.69) is 12.2 Å². The topological polar surface area (TPSA) is 32.3 Å². The first-order valence-electron chi connectivity index (χ1n) is 5.78. The number of likely N-dealkylation sites (tertiary alicyclic amines) is 1. The van der Waals surface area contributed by atoms with Crippen molar-refractivity contribution in [1.29, 1.82) is 0 Å². The normalized spacial score (nSPS) is 19.4. The fourth-order valence-corrected chi connectivity index (χ4v) is 3.05. The third kappa shape index (κ3) is 2.81. The second-order valence-corrected chi connectivity index (χ2v) is 6.42. The van der Waals surface area contributed by atoms with Crippen LogP contribution in [0.5, 0.6) is 0 Å². The van der Waals surface area contributed by atoms with Crippen LogP contribution in [0.2, 0.25) is 4.34 Å². The Balaban J connectivity index is 1.99. The fourth-order valence-electron chi connectivity index (χ4n) is 2.04. The molecule has 0 aromatic carbocycles. The SMILES string of the molecule is CNC1(C)CCN(C(=O)c2ccc(Cl)s2)CC1. The van der Waals surface area contributed by atoms with E-state index in [-0.39, 0.29) is 11.4 Å². The Hall–Kier alpha value is -0.580. The van der Waals surface area contributed by atoms with E-state index in [1.54, 1.807) is 12.1 Å². The zero-order valence-corrected chi connectivity index (χ0v) is 11.7. The summed E-state index contributed by atoms with van der Waals surface area (Å²) >= 11 is 7.20.